The van der Waals surface area contributed by atoms with E-state index >= 15 is 0 Å². The van der Waals surface area contributed by atoms with E-state index in [1.807, 2.05) is 17.0 Å². The molecular weight excluding hydrogens is 289 g/mol. The molecule has 1 aromatic rings. The van der Waals surface area contributed by atoms with Crippen LogP contribution in [0.4, 0.5) is 4.39 Å². The number of amides is 1. The number of nitrogens with zero attached hydrogens (tertiary/aromatic N) is 1. The molecule has 1 aliphatic rings. The molecule has 1 saturated heterocycles. The van der Waals surface area contributed by atoms with Crippen LogP contribution < -0.4 is 0 Å². The standard InChI is InChI=1S/C20H30FNO/c21-19-14-9-8-13-18(19)12-6-3-1-2-4-7-15-20(23)22-16-10-5-11-17-22/h8-9,13-14H,1-7,10-12,15-17H2. The third kappa shape index (κ3) is 6.72. The maximum Gasteiger partial charge on any atom is 0.222 e. The lowest BCUT2D eigenvalue weighted by atomic mass is 10.0. The van der Waals surface area contributed by atoms with Crippen LogP contribution in [-0.4, -0.2) is 23.9 Å². The van der Waals surface area contributed by atoms with Gasteiger partial charge in [-0.25, -0.2) is 4.39 Å². The highest BCUT2D eigenvalue weighted by molar-refractivity contribution is 5.76. The number of carbonyl (C=O) groups excluding carboxylic acids is 1. The molecule has 1 heterocycles. The summed E-state index contributed by atoms with van der Waals surface area (Å²) in [5.74, 6) is 0.271. The second-order valence-corrected chi connectivity index (χ2v) is 6.65. The molecule has 0 aromatic heterocycles. The van der Waals surface area contributed by atoms with Crippen LogP contribution in [0, 0.1) is 5.82 Å². The molecule has 0 spiro atoms. The minimum Gasteiger partial charge on any atom is -0.343 e. The van der Waals surface area contributed by atoms with E-state index in [0.717, 1.165) is 57.2 Å². The Morgan fingerprint density at radius 2 is 1.57 bits per heavy atom. The van der Waals surface area contributed by atoms with Crippen molar-refractivity contribution in [3.63, 3.8) is 0 Å². The second-order valence-electron chi connectivity index (χ2n) is 6.65. The van der Waals surface area contributed by atoms with Gasteiger partial charge in [0, 0.05) is 19.5 Å². The number of likely N-dealkylation sites (tertiary alicyclic amines) is 1. The van der Waals surface area contributed by atoms with Gasteiger partial charge in [-0.1, -0.05) is 43.9 Å². The fourth-order valence-electron chi connectivity index (χ4n) is 3.30. The zero-order valence-corrected chi connectivity index (χ0v) is 14.2. The molecule has 128 valence electrons. The van der Waals surface area contributed by atoms with Gasteiger partial charge in [0.2, 0.25) is 5.91 Å². The van der Waals surface area contributed by atoms with Gasteiger partial charge in [-0.2, -0.15) is 0 Å². The second kappa shape index (κ2) is 10.4. The van der Waals surface area contributed by atoms with Crippen LogP contribution in [0.5, 0.6) is 0 Å². The Morgan fingerprint density at radius 1 is 0.913 bits per heavy atom. The first kappa shape index (κ1) is 18.0. The Labute approximate surface area is 140 Å². The van der Waals surface area contributed by atoms with Crippen LogP contribution in [0.25, 0.3) is 0 Å². The van der Waals surface area contributed by atoms with Gasteiger partial charge in [0.1, 0.15) is 5.82 Å². The van der Waals surface area contributed by atoms with E-state index in [1.165, 1.54) is 38.2 Å². The highest BCUT2D eigenvalue weighted by Gasteiger charge is 2.15. The lowest BCUT2D eigenvalue weighted by molar-refractivity contribution is -0.132. The maximum atomic E-state index is 13.5. The summed E-state index contributed by atoms with van der Waals surface area (Å²) in [5, 5.41) is 0. The van der Waals surface area contributed by atoms with E-state index in [4.69, 9.17) is 0 Å². The third-order valence-electron chi connectivity index (χ3n) is 4.75. The monoisotopic (exact) mass is 319 g/mol. The smallest absolute Gasteiger partial charge is 0.222 e. The molecule has 0 atom stereocenters. The highest BCUT2D eigenvalue weighted by Crippen LogP contribution is 2.14. The Bertz CT molecular complexity index is 468. The molecule has 0 radical (unpaired) electrons. The van der Waals surface area contributed by atoms with Gasteiger partial charge in [-0.15, -0.1) is 0 Å². The average molecular weight is 319 g/mol. The quantitative estimate of drug-likeness (QED) is 0.579. The van der Waals surface area contributed by atoms with E-state index in [9.17, 15) is 9.18 Å². The van der Waals surface area contributed by atoms with Crippen molar-refractivity contribution in [3.05, 3.63) is 35.6 Å². The van der Waals surface area contributed by atoms with E-state index in [-0.39, 0.29) is 5.82 Å². The van der Waals surface area contributed by atoms with Gasteiger partial charge in [0.25, 0.3) is 0 Å². The predicted octanol–water partition coefficient (Wildman–Crippen LogP) is 5.11. The molecular formula is C20H30FNO. The highest BCUT2D eigenvalue weighted by atomic mass is 19.1. The van der Waals surface area contributed by atoms with Crippen LogP contribution in [0.2, 0.25) is 0 Å². The summed E-state index contributed by atoms with van der Waals surface area (Å²) in [7, 11) is 0. The van der Waals surface area contributed by atoms with Crippen molar-refractivity contribution in [2.45, 2.75) is 70.6 Å². The number of piperidine rings is 1. The summed E-state index contributed by atoms with van der Waals surface area (Å²) in [6, 6.07) is 7.05. The van der Waals surface area contributed by atoms with Gasteiger partial charge in [-0.3, -0.25) is 4.79 Å². The van der Waals surface area contributed by atoms with Gasteiger partial charge in [0.15, 0.2) is 0 Å². The summed E-state index contributed by atoms with van der Waals surface area (Å²) in [4.78, 5) is 14.1. The number of hydrogen-bond donors (Lipinski definition) is 0. The van der Waals surface area contributed by atoms with Crippen LogP contribution >= 0.6 is 0 Å². The van der Waals surface area contributed by atoms with Crippen molar-refractivity contribution in [2.75, 3.05) is 13.1 Å². The molecule has 3 heteroatoms. The Balaban J connectivity index is 1.45. The van der Waals surface area contributed by atoms with Gasteiger partial charge in [0.05, 0.1) is 0 Å². The normalized spacial score (nSPS) is 14.9. The number of halogens is 1. The Hall–Kier alpha value is -1.38. The van der Waals surface area contributed by atoms with Gasteiger partial charge >= 0.3 is 0 Å². The molecule has 1 aliphatic heterocycles. The van der Waals surface area contributed by atoms with E-state index < -0.39 is 0 Å². The Kier molecular flexibility index (Phi) is 8.13. The lowest BCUT2D eigenvalue weighted by Gasteiger charge is -2.26. The minimum absolute atomic E-state index is 0.0799. The lowest BCUT2D eigenvalue weighted by Crippen LogP contribution is -2.35. The summed E-state index contributed by atoms with van der Waals surface area (Å²) in [5.41, 5.74) is 0.833. The largest absolute Gasteiger partial charge is 0.343 e. The fraction of sp³-hybridized carbons (Fsp3) is 0.650. The average Bonchev–Trinajstić information content (AvgIpc) is 2.59. The molecule has 2 nitrogen and oxygen atoms in total. The van der Waals surface area contributed by atoms with E-state index in [0.29, 0.717) is 5.91 Å². The molecule has 0 bridgehead atoms. The van der Waals surface area contributed by atoms with Crippen LogP contribution in [0.3, 0.4) is 0 Å². The number of benzene rings is 1. The third-order valence-corrected chi connectivity index (χ3v) is 4.75. The maximum absolute atomic E-state index is 13.5. The summed E-state index contributed by atoms with van der Waals surface area (Å²) in [6.45, 7) is 1.93. The first-order valence-corrected chi connectivity index (χ1v) is 9.28. The zero-order valence-electron chi connectivity index (χ0n) is 14.2. The summed E-state index contributed by atoms with van der Waals surface area (Å²) >= 11 is 0. The Morgan fingerprint density at radius 3 is 2.30 bits per heavy atom. The van der Waals surface area contributed by atoms with Crippen molar-refractivity contribution in [1.29, 1.82) is 0 Å². The molecule has 2 rings (SSSR count). The summed E-state index contributed by atoms with van der Waals surface area (Å²) < 4.78 is 13.5. The zero-order chi connectivity index (χ0) is 16.3. The number of rotatable bonds is 9. The molecule has 0 unspecified atom stereocenters. The van der Waals surface area contributed by atoms with Crippen LogP contribution in [0.1, 0.15) is 69.8 Å². The van der Waals surface area contributed by atoms with Crippen LogP contribution in [-0.2, 0) is 11.2 Å². The molecule has 0 N–H and O–H groups in total. The molecule has 1 aromatic carbocycles. The molecule has 1 amide bonds. The van der Waals surface area contributed by atoms with E-state index in [2.05, 4.69) is 0 Å². The van der Waals surface area contributed by atoms with Crippen molar-refractivity contribution in [1.82, 2.24) is 4.90 Å². The number of unbranched alkanes of at least 4 members (excludes halogenated alkanes) is 5. The van der Waals surface area contributed by atoms with Gasteiger partial charge < -0.3 is 4.90 Å². The SMILES string of the molecule is O=C(CCCCCCCCc1ccccc1F)N1CCCCC1. The topological polar surface area (TPSA) is 20.3 Å². The molecule has 1 fully saturated rings. The predicted molar refractivity (Wildman–Crippen MR) is 92.9 cm³/mol. The molecule has 23 heavy (non-hydrogen) atoms. The number of aryl methyl sites for hydroxylation is 1. The molecule has 0 aliphatic carbocycles. The van der Waals surface area contributed by atoms with Crippen molar-refractivity contribution in [3.8, 4) is 0 Å². The van der Waals surface area contributed by atoms with Crippen molar-refractivity contribution < 1.29 is 9.18 Å². The first-order valence-electron chi connectivity index (χ1n) is 9.28. The number of carbonyl (C=O) groups is 1. The van der Waals surface area contributed by atoms with Crippen molar-refractivity contribution in [2.24, 2.45) is 0 Å². The number of hydrogen-bond acceptors (Lipinski definition) is 1. The summed E-state index contributed by atoms with van der Waals surface area (Å²) in [6.07, 6.45) is 11.9. The first-order chi connectivity index (χ1) is 11.3. The van der Waals surface area contributed by atoms with E-state index in [1.54, 1.807) is 6.07 Å². The van der Waals surface area contributed by atoms with Gasteiger partial charge in [-0.05, 0) is 50.2 Å². The molecule has 0 saturated carbocycles. The minimum atomic E-state index is -0.0799. The van der Waals surface area contributed by atoms with Crippen LogP contribution in [0.15, 0.2) is 24.3 Å². The fourth-order valence-corrected chi connectivity index (χ4v) is 3.30. The van der Waals surface area contributed by atoms with Crippen molar-refractivity contribution >= 4 is 5.91 Å².